The zero-order valence-electron chi connectivity index (χ0n) is 62.4. The van der Waals surface area contributed by atoms with Crippen LogP contribution in [0.15, 0.2) is 376 Å². The first-order valence-corrected chi connectivity index (χ1v) is 38.9. The van der Waals surface area contributed by atoms with Crippen molar-refractivity contribution in [3.05, 3.63) is 387 Å². The van der Waals surface area contributed by atoms with Gasteiger partial charge in [0.25, 0.3) is 0 Å². The van der Waals surface area contributed by atoms with Crippen molar-refractivity contribution < 1.29 is 0 Å². The van der Waals surface area contributed by atoms with Crippen LogP contribution in [0.3, 0.4) is 0 Å². The van der Waals surface area contributed by atoms with E-state index in [-0.39, 0.29) is 0 Å². The van der Waals surface area contributed by atoms with Crippen LogP contribution >= 0.6 is 0 Å². The van der Waals surface area contributed by atoms with Gasteiger partial charge in [-0.2, -0.15) is 10.5 Å². The molecule has 2 aromatic heterocycles. The van der Waals surface area contributed by atoms with Gasteiger partial charge in [0.2, 0.25) is 0 Å². The van der Waals surface area contributed by atoms with E-state index in [1.807, 2.05) is 127 Å². The van der Waals surface area contributed by atoms with Gasteiger partial charge < -0.3 is 0 Å². The van der Waals surface area contributed by atoms with Crippen LogP contribution in [0.25, 0.3) is 233 Å². The van der Waals surface area contributed by atoms with E-state index in [1.165, 1.54) is 66.1 Å². The van der Waals surface area contributed by atoms with E-state index in [4.69, 9.17) is 29.9 Å². The van der Waals surface area contributed by atoms with E-state index < -0.39 is 0 Å². The van der Waals surface area contributed by atoms with Gasteiger partial charge in [-0.3, -0.25) is 0 Å². The molecule has 19 aromatic carbocycles. The van der Waals surface area contributed by atoms with Gasteiger partial charge in [-0.1, -0.05) is 358 Å². The van der Waals surface area contributed by atoms with Gasteiger partial charge in [0, 0.05) is 44.2 Å². The first-order chi connectivity index (χ1) is 57.5. The molecule has 0 amide bonds. The third-order valence-corrected chi connectivity index (χ3v) is 23.3. The zero-order valence-corrected chi connectivity index (χ0v) is 62.4. The Hall–Kier alpha value is -16.0. The van der Waals surface area contributed by atoms with Crippen molar-refractivity contribution in [2.75, 3.05) is 0 Å². The maximum Gasteiger partial charge on any atom is 0.165 e. The van der Waals surface area contributed by atoms with E-state index in [2.05, 4.69) is 261 Å². The molecule has 0 unspecified atom stereocenters. The lowest BCUT2D eigenvalue weighted by Gasteiger charge is -2.21. The molecule has 0 spiro atoms. The second kappa shape index (κ2) is 27.5. The summed E-state index contributed by atoms with van der Waals surface area (Å²) in [6.07, 6.45) is 0. The van der Waals surface area contributed by atoms with Crippen LogP contribution in [0.4, 0.5) is 0 Å². The third-order valence-electron chi connectivity index (χ3n) is 23.3. The Labute approximate surface area is 668 Å². The maximum absolute atomic E-state index is 10.1. The summed E-state index contributed by atoms with van der Waals surface area (Å²) >= 11 is 0. The molecule has 0 bridgehead atoms. The molecule has 2 aliphatic rings. The summed E-state index contributed by atoms with van der Waals surface area (Å²) in [5, 5.41) is 35.6. The molecule has 534 valence electrons. The summed E-state index contributed by atoms with van der Waals surface area (Å²) in [5.41, 5.74) is 26.0. The lowest BCUT2D eigenvalue weighted by atomic mass is 9.83. The number of aromatic nitrogens is 6. The average molecular weight is 1470 g/mol. The molecule has 2 heterocycles. The number of fused-ring (bicyclic) bond motifs is 11. The largest absolute Gasteiger partial charge is 0.208 e. The van der Waals surface area contributed by atoms with Crippen molar-refractivity contribution in [3.63, 3.8) is 0 Å². The predicted molar refractivity (Wildman–Crippen MR) is 475 cm³/mol. The summed E-state index contributed by atoms with van der Waals surface area (Å²) < 4.78 is 0. The van der Waals surface area contributed by atoms with Crippen LogP contribution in [0, 0.1) is 22.7 Å². The Kier molecular flexibility index (Phi) is 15.9. The molecular weight excluding hydrogens is 1410 g/mol. The highest BCUT2D eigenvalue weighted by Crippen LogP contribution is 2.57. The molecule has 0 aliphatic heterocycles. The van der Waals surface area contributed by atoms with Crippen LogP contribution in [-0.4, -0.2) is 29.9 Å². The summed E-state index contributed by atoms with van der Waals surface area (Å²) in [6, 6.07) is 136. The Morgan fingerprint density at radius 3 is 0.741 bits per heavy atom. The number of nitriles is 2. The minimum absolute atomic E-state index is 0.626. The second-order valence-electron chi connectivity index (χ2n) is 29.5. The summed E-state index contributed by atoms with van der Waals surface area (Å²) in [7, 11) is 0. The van der Waals surface area contributed by atoms with Crippen molar-refractivity contribution in [2.24, 2.45) is 0 Å². The topological polar surface area (TPSA) is 125 Å². The number of nitrogens with zero attached hydrogens (tertiary/aromatic N) is 8. The van der Waals surface area contributed by atoms with Crippen molar-refractivity contribution in [3.8, 4) is 169 Å². The predicted octanol–water partition coefficient (Wildman–Crippen LogP) is 27.5. The van der Waals surface area contributed by atoms with E-state index in [9.17, 15) is 10.5 Å². The highest BCUT2D eigenvalue weighted by atomic mass is 15.0. The van der Waals surface area contributed by atoms with Crippen LogP contribution in [0.1, 0.15) is 11.1 Å². The van der Waals surface area contributed by atoms with Crippen molar-refractivity contribution >= 4 is 75.4 Å². The molecular formula is C108H62N8. The fraction of sp³-hybridized carbons (Fsp3) is 0. The second-order valence-corrected chi connectivity index (χ2v) is 29.5. The van der Waals surface area contributed by atoms with Gasteiger partial charge >= 0.3 is 0 Å². The monoisotopic (exact) mass is 1470 g/mol. The van der Waals surface area contributed by atoms with Gasteiger partial charge in [-0.25, -0.2) is 29.9 Å². The summed E-state index contributed by atoms with van der Waals surface area (Å²) in [5.74, 6) is 3.78. The standard InChI is InChI=1S/C56H32N4.C52H30N4/c57-33-36-19-13-27-38-37(36)26-14-28-41(38)48-30-29-46-39-20-7-8-21-40(39)47-31-32-49(52(48)51(46)47)50-42-22-9-11-24-44(42)53(45-25-12-10-23-43(45)50)56-59-54(34-15-3-1-4-16-34)58-55(60-56)35-17-5-2-6-18-35;53-31-34-17-11-23-36-35(34)22-12-24-40(36)45-27-26-43-38-19-8-9-20-39(38)44-28-29-46(49(45)48(43)44)42-25-30-47(41-21-10-7-18-37(41)42)52-55-50(32-13-3-1-4-14-32)54-51(56-52)33-15-5-2-6-16-33/h1-32H;1-30H. The van der Waals surface area contributed by atoms with E-state index in [0.29, 0.717) is 46.1 Å². The fourth-order valence-corrected chi connectivity index (χ4v) is 18.2. The highest BCUT2D eigenvalue weighted by Gasteiger charge is 2.31. The molecule has 2 aliphatic carbocycles. The van der Waals surface area contributed by atoms with Gasteiger partial charge in [-0.15, -0.1) is 0 Å². The number of rotatable bonds is 10. The van der Waals surface area contributed by atoms with Gasteiger partial charge in [0.15, 0.2) is 34.9 Å². The summed E-state index contributed by atoms with van der Waals surface area (Å²) in [4.78, 5) is 30.7. The molecule has 116 heavy (non-hydrogen) atoms. The molecule has 0 saturated heterocycles. The molecule has 21 aromatic rings. The number of hydrogen-bond donors (Lipinski definition) is 0. The van der Waals surface area contributed by atoms with Crippen molar-refractivity contribution in [1.29, 1.82) is 10.5 Å². The Morgan fingerprint density at radius 2 is 0.371 bits per heavy atom. The molecule has 0 saturated carbocycles. The maximum atomic E-state index is 10.1. The molecule has 0 radical (unpaired) electrons. The summed E-state index contributed by atoms with van der Waals surface area (Å²) in [6.45, 7) is 0. The van der Waals surface area contributed by atoms with Crippen LogP contribution in [0.5, 0.6) is 0 Å². The number of hydrogen-bond acceptors (Lipinski definition) is 8. The number of benzene rings is 19. The van der Waals surface area contributed by atoms with Gasteiger partial charge in [0.05, 0.1) is 23.3 Å². The van der Waals surface area contributed by atoms with Gasteiger partial charge in [0.1, 0.15) is 0 Å². The first-order valence-electron chi connectivity index (χ1n) is 38.9. The smallest absolute Gasteiger partial charge is 0.165 e. The van der Waals surface area contributed by atoms with E-state index >= 15 is 0 Å². The molecule has 8 nitrogen and oxygen atoms in total. The lowest BCUT2D eigenvalue weighted by Crippen LogP contribution is -2.01. The Bertz CT molecular complexity index is 7550. The van der Waals surface area contributed by atoms with Crippen molar-refractivity contribution in [1.82, 2.24) is 29.9 Å². The Morgan fingerprint density at radius 1 is 0.147 bits per heavy atom. The molecule has 8 heteroatoms. The minimum atomic E-state index is 0.626. The molecule has 0 N–H and O–H groups in total. The fourth-order valence-electron chi connectivity index (χ4n) is 18.2. The minimum Gasteiger partial charge on any atom is -0.208 e. The van der Waals surface area contributed by atoms with Gasteiger partial charge in [-0.05, 0) is 172 Å². The molecule has 23 rings (SSSR count). The average Bonchev–Trinajstić information content (AvgIpc) is 1.44. The van der Waals surface area contributed by atoms with Crippen LogP contribution < -0.4 is 0 Å². The third kappa shape index (κ3) is 10.8. The zero-order chi connectivity index (χ0) is 76.9. The quantitative estimate of drug-likeness (QED) is 0.124. The highest BCUT2D eigenvalue weighted by molar-refractivity contribution is 6.30. The molecule has 0 fully saturated rings. The van der Waals surface area contributed by atoms with Crippen LogP contribution in [0.2, 0.25) is 0 Å². The lowest BCUT2D eigenvalue weighted by molar-refractivity contribution is 1.08. The normalized spacial score (nSPS) is 11.6. The van der Waals surface area contributed by atoms with E-state index in [1.54, 1.807) is 0 Å². The SMILES string of the molecule is N#Cc1cccc2c(-c3ccc4c5c(ccc(-c6c7ccccc7c(-c7nc(-c8ccccc8)nc(-c8ccccc8)n7)c7ccccc67)c35)-c3ccccc3-4)cccc12.N#Cc1cccc2c(-c3ccc4c5c(ccc(-c6ccc(-c7nc(-c8ccccc8)nc(-c8ccccc8)n7)c7ccccc67)c35)-c3ccccc3-4)cccc12. The van der Waals surface area contributed by atoms with Crippen molar-refractivity contribution in [2.45, 2.75) is 0 Å². The first kappa shape index (κ1) is 66.9. The molecule has 0 atom stereocenters. The van der Waals surface area contributed by atoms with E-state index in [0.717, 1.165) is 132 Å². The Balaban J connectivity index is 0.000000141. The van der Waals surface area contributed by atoms with Crippen LogP contribution in [-0.2, 0) is 0 Å².